The smallest absolute Gasteiger partial charge is 0.227 e. The SMILES string of the molecule is Clc1nc(Cl)nc(-c2cccn2Cc2ccccc2)n1. The van der Waals surface area contributed by atoms with Gasteiger partial charge < -0.3 is 4.57 Å². The van der Waals surface area contributed by atoms with Gasteiger partial charge in [-0.05, 0) is 40.9 Å². The molecule has 2 aromatic heterocycles. The minimum Gasteiger partial charge on any atom is -0.341 e. The van der Waals surface area contributed by atoms with Crippen LogP contribution in [0.1, 0.15) is 5.56 Å². The van der Waals surface area contributed by atoms with Crippen LogP contribution in [0.15, 0.2) is 48.7 Å². The van der Waals surface area contributed by atoms with E-state index in [2.05, 4.69) is 27.1 Å². The molecule has 0 fully saturated rings. The molecule has 0 aliphatic heterocycles. The quantitative estimate of drug-likeness (QED) is 0.741. The van der Waals surface area contributed by atoms with Crippen molar-refractivity contribution in [3.63, 3.8) is 0 Å². The monoisotopic (exact) mass is 304 g/mol. The van der Waals surface area contributed by atoms with Crippen LogP contribution in [0.4, 0.5) is 0 Å². The molecule has 6 heteroatoms. The Hall–Kier alpha value is -1.91. The lowest BCUT2D eigenvalue weighted by molar-refractivity contribution is 0.805. The van der Waals surface area contributed by atoms with Gasteiger partial charge in [0.1, 0.15) is 0 Å². The number of hydrogen-bond donors (Lipinski definition) is 0. The van der Waals surface area contributed by atoms with Gasteiger partial charge in [-0.25, -0.2) is 0 Å². The van der Waals surface area contributed by atoms with E-state index in [0.29, 0.717) is 5.82 Å². The van der Waals surface area contributed by atoms with Crippen LogP contribution in [0, 0.1) is 0 Å². The van der Waals surface area contributed by atoms with Gasteiger partial charge in [-0.2, -0.15) is 15.0 Å². The lowest BCUT2D eigenvalue weighted by Gasteiger charge is -2.08. The van der Waals surface area contributed by atoms with E-state index in [1.54, 1.807) is 0 Å². The summed E-state index contributed by atoms with van der Waals surface area (Å²) in [6, 6.07) is 14.0. The molecule has 0 saturated heterocycles. The Morgan fingerprint density at radius 1 is 0.850 bits per heavy atom. The Kier molecular flexibility index (Phi) is 3.67. The standard InChI is InChI=1S/C14H10Cl2N4/c15-13-17-12(18-14(16)19-13)11-7-4-8-20(11)9-10-5-2-1-3-6-10/h1-8H,9H2. The lowest BCUT2D eigenvalue weighted by Crippen LogP contribution is -2.03. The van der Waals surface area contributed by atoms with Crippen molar-refractivity contribution < 1.29 is 0 Å². The molecule has 0 aliphatic carbocycles. The molecule has 2 heterocycles. The van der Waals surface area contributed by atoms with E-state index in [1.165, 1.54) is 5.56 Å². The zero-order valence-electron chi connectivity index (χ0n) is 10.4. The summed E-state index contributed by atoms with van der Waals surface area (Å²) >= 11 is 11.6. The summed E-state index contributed by atoms with van der Waals surface area (Å²) in [5.74, 6) is 0.468. The topological polar surface area (TPSA) is 43.6 Å². The van der Waals surface area contributed by atoms with E-state index < -0.39 is 0 Å². The molecule has 0 spiro atoms. The largest absolute Gasteiger partial charge is 0.341 e. The van der Waals surface area contributed by atoms with Crippen molar-refractivity contribution in [1.29, 1.82) is 0 Å². The highest BCUT2D eigenvalue weighted by Crippen LogP contribution is 2.20. The highest BCUT2D eigenvalue weighted by atomic mass is 35.5. The number of nitrogens with zero attached hydrogens (tertiary/aromatic N) is 4. The summed E-state index contributed by atoms with van der Waals surface area (Å²) in [6.07, 6.45) is 1.97. The van der Waals surface area contributed by atoms with Crippen molar-refractivity contribution in [2.24, 2.45) is 0 Å². The summed E-state index contributed by atoms with van der Waals surface area (Å²) in [6.45, 7) is 0.726. The van der Waals surface area contributed by atoms with Gasteiger partial charge in [0.2, 0.25) is 10.6 Å². The van der Waals surface area contributed by atoms with Crippen molar-refractivity contribution in [2.45, 2.75) is 6.54 Å². The van der Waals surface area contributed by atoms with Crippen LogP contribution in [0.5, 0.6) is 0 Å². The van der Waals surface area contributed by atoms with Crippen molar-refractivity contribution in [1.82, 2.24) is 19.5 Å². The molecule has 0 unspecified atom stereocenters. The lowest BCUT2D eigenvalue weighted by atomic mass is 10.2. The Bertz CT molecular complexity index is 705. The molecule has 0 aliphatic rings. The number of halogens is 2. The summed E-state index contributed by atoms with van der Waals surface area (Å²) in [5.41, 5.74) is 2.04. The van der Waals surface area contributed by atoms with E-state index in [-0.39, 0.29) is 10.6 Å². The first kappa shape index (κ1) is 13.1. The normalized spacial score (nSPS) is 10.7. The van der Waals surface area contributed by atoms with Crippen molar-refractivity contribution in [2.75, 3.05) is 0 Å². The molecule has 3 rings (SSSR count). The fourth-order valence-corrected chi connectivity index (χ4v) is 2.34. The maximum absolute atomic E-state index is 5.82. The van der Waals surface area contributed by atoms with Gasteiger partial charge in [0, 0.05) is 12.7 Å². The molecule has 0 amide bonds. The Labute approximate surface area is 126 Å². The van der Waals surface area contributed by atoms with E-state index >= 15 is 0 Å². The van der Waals surface area contributed by atoms with E-state index in [0.717, 1.165) is 12.2 Å². The molecule has 100 valence electrons. The summed E-state index contributed by atoms with van der Waals surface area (Å²) in [7, 11) is 0. The van der Waals surface area contributed by atoms with Crippen LogP contribution in [-0.2, 0) is 6.54 Å². The maximum Gasteiger partial charge on any atom is 0.227 e. The Morgan fingerprint density at radius 3 is 2.25 bits per heavy atom. The molecule has 0 atom stereocenters. The van der Waals surface area contributed by atoms with Crippen LogP contribution >= 0.6 is 23.2 Å². The first-order valence-corrected chi connectivity index (χ1v) is 6.74. The van der Waals surface area contributed by atoms with Crippen LogP contribution in [0.3, 0.4) is 0 Å². The zero-order valence-corrected chi connectivity index (χ0v) is 11.9. The van der Waals surface area contributed by atoms with Crippen molar-refractivity contribution in [3.05, 3.63) is 64.8 Å². The Balaban J connectivity index is 1.98. The number of rotatable bonds is 3. The second-order valence-electron chi connectivity index (χ2n) is 4.20. The molecular formula is C14H10Cl2N4. The second-order valence-corrected chi connectivity index (χ2v) is 4.88. The third-order valence-corrected chi connectivity index (χ3v) is 3.17. The van der Waals surface area contributed by atoms with Crippen LogP contribution in [-0.4, -0.2) is 19.5 Å². The van der Waals surface area contributed by atoms with Gasteiger partial charge in [-0.1, -0.05) is 30.3 Å². The molecule has 20 heavy (non-hydrogen) atoms. The highest BCUT2D eigenvalue weighted by molar-refractivity contribution is 6.31. The molecule has 0 saturated carbocycles. The molecule has 4 nitrogen and oxygen atoms in total. The summed E-state index contributed by atoms with van der Waals surface area (Å²) < 4.78 is 2.04. The van der Waals surface area contributed by atoms with Gasteiger partial charge in [-0.3, -0.25) is 0 Å². The van der Waals surface area contributed by atoms with E-state index in [4.69, 9.17) is 23.2 Å². The second kappa shape index (κ2) is 5.61. The van der Waals surface area contributed by atoms with Gasteiger partial charge in [0.05, 0.1) is 5.69 Å². The minimum atomic E-state index is 0.0902. The number of benzene rings is 1. The third kappa shape index (κ3) is 2.81. The van der Waals surface area contributed by atoms with Gasteiger partial charge in [0.25, 0.3) is 0 Å². The fraction of sp³-hybridized carbons (Fsp3) is 0.0714. The average Bonchev–Trinajstić information content (AvgIpc) is 2.87. The Morgan fingerprint density at radius 2 is 1.55 bits per heavy atom. The summed E-state index contributed by atoms with van der Waals surface area (Å²) in [5, 5.41) is 0.180. The molecule has 0 bridgehead atoms. The molecule has 3 aromatic rings. The van der Waals surface area contributed by atoms with Gasteiger partial charge in [-0.15, -0.1) is 0 Å². The van der Waals surface area contributed by atoms with Crippen LogP contribution in [0.2, 0.25) is 10.6 Å². The molecule has 1 aromatic carbocycles. The maximum atomic E-state index is 5.82. The van der Waals surface area contributed by atoms with Crippen LogP contribution in [0.25, 0.3) is 11.5 Å². The minimum absolute atomic E-state index is 0.0902. The van der Waals surface area contributed by atoms with E-state index in [1.807, 2.05) is 41.1 Å². The predicted octanol–water partition coefficient (Wildman–Crippen LogP) is 3.70. The van der Waals surface area contributed by atoms with E-state index in [9.17, 15) is 0 Å². The van der Waals surface area contributed by atoms with Gasteiger partial charge >= 0.3 is 0 Å². The van der Waals surface area contributed by atoms with Crippen LogP contribution < -0.4 is 0 Å². The third-order valence-electron chi connectivity index (χ3n) is 2.84. The first-order valence-electron chi connectivity index (χ1n) is 5.99. The molecule has 0 N–H and O–H groups in total. The molecule has 0 radical (unpaired) electrons. The fourth-order valence-electron chi connectivity index (χ4n) is 1.98. The zero-order chi connectivity index (χ0) is 13.9. The number of hydrogen-bond acceptors (Lipinski definition) is 3. The highest BCUT2D eigenvalue weighted by Gasteiger charge is 2.10. The molecular weight excluding hydrogens is 295 g/mol. The van der Waals surface area contributed by atoms with Crippen molar-refractivity contribution >= 4 is 23.2 Å². The van der Waals surface area contributed by atoms with Crippen molar-refractivity contribution in [3.8, 4) is 11.5 Å². The first-order chi connectivity index (χ1) is 9.72. The van der Waals surface area contributed by atoms with Gasteiger partial charge in [0.15, 0.2) is 5.82 Å². The average molecular weight is 305 g/mol. The number of aromatic nitrogens is 4. The summed E-state index contributed by atoms with van der Waals surface area (Å²) in [4.78, 5) is 12.0. The predicted molar refractivity (Wildman–Crippen MR) is 78.8 cm³/mol.